The maximum Gasteiger partial charge on any atom is 0.434 e. The smallest absolute Gasteiger partial charge is 0.434 e. The number of aryl methyl sites for hydroxylation is 2. The molecule has 4 rings (SSSR count). The van der Waals surface area contributed by atoms with E-state index >= 15 is 0 Å². The molecule has 3 aromatic rings. The van der Waals surface area contributed by atoms with E-state index in [0.29, 0.717) is 5.69 Å². The average Bonchev–Trinajstić information content (AvgIpc) is 3.33. The van der Waals surface area contributed by atoms with Crippen molar-refractivity contribution in [3.63, 3.8) is 0 Å². The van der Waals surface area contributed by atoms with Gasteiger partial charge in [-0.05, 0) is 33.6 Å². The van der Waals surface area contributed by atoms with Crippen LogP contribution in [-0.4, -0.2) is 44.3 Å². The zero-order valence-corrected chi connectivity index (χ0v) is 17.8. The Kier molecular flexibility index (Phi) is 6.07. The van der Waals surface area contributed by atoms with E-state index in [2.05, 4.69) is 10.3 Å². The van der Waals surface area contributed by atoms with Crippen LogP contribution in [-0.2, 0) is 23.0 Å². The van der Waals surface area contributed by atoms with Gasteiger partial charge in [0, 0.05) is 12.3 Å². The number of imidazole rings is 1. The van der Waals surface area contributed by atoms with Crippen LogP contribution in [0.5, 0.6) is 0 Å². The van der Waals surface area contributed by atoms with Crippen LogP contribution in [0, 0.1) is 10.1 Å². The molecule has 170 valence electrons. The van der Waals surface area contributed by atoms with Gasteiger partial charge in [-0.3, -0.25) is 0 Å². The predicted octanol–water partition coefficient (Wildman–Crippen LogP) is 3.25. The monoisotopic (exact) mass is 450 g/mol. The summed E-state index contributed by atoms with van der Waals surface area (Å²) in [5, 5.41) is 22.8. The van der Waals surface area contributed by atoms with Crippen molar-refractivity contribution in [3.8, 4) is 11.1 Å². The molecule has 10 heteroatoms. The molecule has 2 N–H and O–H groups in total. The number of rotatable bonds is 8. The SMILES string of the molecule is Cn1cc(CC[C@H](NC(=O)OCC2c3ccccc3-c3ccccc32)C(=O)O)nc1[N+](=O)[O-]. The minimum atomic E-state index is -1.23. The van der Waals surface area contributed by atoms with Crippen LogP contribution in [0.4, 0.5) is 10.7 Å². The van der Waals surface area contributed by atoms with Gasteiger partial charge >= 0.3 is 18.0 Å². The second-order valence-corrected chi connectivity index (χ2v) is 7.80. The molecule has 1 aliphatic rings. The third kappa shape index (κ3) is 4.54. The predicted molar refractivity (Wildman–Crippen MR) is 118 cm³/mol. The Morgan fingerprint density at radius 3 is 2.33 bits per heavy atom. The van der Waals surface area contributed by atoms with Crippen LogP contribution in [0.3, 0.4) is 0 Å². The van der Waals surface area contributed by atoms with Gasteiger partial charge in [0.25, 0.3) is 0 Å². The summed E-state index contributed by atoms with van der Waals surface area (Å²) in [6.45, 7) is 0.0681. The minimum Gasteiger partial charge on any atom is -0.480 e. The molecule has 0 saturated heterocycles. The fraction of sp³-hybridized carbons (Fsp3) is 0.261. The summed E-state index contributed by atoms with van der Waals surface area (Å²) in [5.74, 6) is -1.70. The number of hydrogen-bond donors (Lipinski definition) is 2. The van der Waals surface area contributed by atoms with Crippen molar-refractivity contribution < 1.29 is 24.4 Å². The maximum atomic E-state index is 12.4. The van der Waals surface area contributed by atoms with E-state index in [1.54, 1.807) is 0 Å². The summed E-state index contributed by atoms with van der Waals surface area (Å²) in [6, 6.07) is 14.6. The standard InChI is InChI=1S/C23H22N4O6/c1-26-12-14(24-22(26)27(31)32)10-11-20(21(28)29)25-23(30)33-13-19-17-8-4-2-6-15(17)16-7-3-5-9-18(16)19/h2-9,12,19-20H,10-11,13H2,1H3,(H,25,30)(H,28,29)/t20-/m0/s1. The molecular weight excluding hydrogens is 428 g/mol. The van der Waals surface area contributed by atoms with Crippen molar-refractivity contribution in [1.29, 1.82) is 0 Å². The molecule has 2 aromatic carbocycles. The highest BCUT2D eigenvalue weighted by Crippen LogP contribution is 2.44. The third-order valence-corrected chi connectivity index (χ3v) is 5.69. The molecule has 0 radical (unpaired) electrons. The van der Waals surface area contributed by atoms with E-state index in [1.807, 2.05) is 48.5 Å². The van der Waals surface area contributed by atoms with Gasteiger partial charge in [-0.1, -0.05) is 53.5 Å². The van der Waals surface area contributed by atoms with Crippen LogP contribution in [0.15, 0.2) is 54.7 Å². The first-order valence-corrected chi connectivity index (χ1v) is 10.4. The number of aromatic nitrogens is 2. The normalized spacial score (nSPS) is 13.1. The lowest BCUT2D eigenvalue weighted by molar-refractivity contribution is -0.396. The van der Waals surface area contributed by atoms with Crippen molar-refractivity contribution in [2.45, 2.75) is 24.8 Å². The number of alkyl carbamates (subject to hydrolysis) is 1. The van der Waals surface area contributed by atoms with Crippen LogP contribution < -0.4 is 5.32 Å². The number of aliphatic carboxylic acids is 1. The molecule has 0 saturated carbocycles. The van der Waals surface area contributed by atoms with Crippen LogP contribution >= 0.6 is 0 Å². The molecule has 33 heavy (non-hydrogen) atoms. The Morgan fingerprint density at radius 1 is 1.18 bits per heavy atom. The second kappa shape index (κ2) is 9.11. The van der Waals surface area contributed by atoms with Gasteiger partial charge in [-0.25, -0.2) is 14.2 Å². The lowest BCUT2D eigenvalue weighted by Gasteiger charge is -2.17. The summed E-state index contributed by atoms with van der Waals surface area (Å²) >= 11 is 0. The summed E-state index contributed by atoms with van der Waals surface area (Å²) in [4.78, 5) is 38.2. The largest absolute Gasteiger partial charge is 0.480 e. The van der Waals surface area contributed by atoms with Crippen molar-refractivity contribution >= 4 is 18.0 Å². The average molecular weight is 450 g/mol. The highest BCUT2D eigenvalue weighted by atomic mass is 16.6. The Morgan fingerprint density at radius 2 is 1.79 bits per heavy atom. The molecule has 0 bridgehead atoms. The Bertz CT molecular complexity index is 1180. The molecule has 1 heterocycles. The zero-order valence-electron chi connectivity index (χ0n) is 17.8. The van der Waals surface area contributed by atoms with Crippen molar-refractivity contribution in [3.05, 3.63) is 81.7 Å². The summed E-state index contributed by atoms with van der Waals surface area (Å²) < 4.78 is 6.66. The molecule has 1 aromatic heterocycles. The van der Waals surface area contributed by atoms with Crippen LogP contribution in [0.25, 0.3) is 11.1 Å². The Hall–Kier alpha value is -4.21. The summed E-state index contributed by atoms with van der Waals surface area (Å²) in [6.07, 6.45) is 0.775. The molecule has 1 atom stereocenters. The van der Waals surface area contributed by atoms with Crippen molar-refractivity contribution in [2.24, 2.45) is 7.05 Å². The topological polar surface area (TPSA) is 137 Å². The molecule has 10 nitrogen and oxygen atoms in total. The van der Waals surface area contributed by atoms with Gasteiger partial charge in [0.05, 0.1) is 7.05 Å². The maximum absolute atomic E-state index is 12.4. The van der Waals surface area contributed by atoms with E-state index in [9.17, 15) is 24.8 Å². The first kappa shape index (κ1) is 22.0. The number of carbonyl (C=O) groups is 2. The van der Waals surface area contributed by atoms with E-state index in [-0.39, 0.29) is 31.3 Å². The summed E-state index contributed by atoms with van der Waals surface area (Å²) in [5.41, 5.74) is 4.66. The molecule has 1 aliphatic carbocycles. The Labute approximate surface area is 189 Å². The first-order chi connectivity index (χ1) is 15.8. The number of nitrogens with one attached hydrogen (secondary N) is 1. The summed E-state index contributed by atoms with van der Waals surface area (Å²) in [7, 11) is 1.48. The number of nitro groups is 1. The number of ether oxygens (including phenoxy) is 1. The highest BCUT2D eigenvalue weighted by molar-refractivity contribution is 5.81. The van der Waals surface area contributed by atoms with Gasteiger partial charge in [0.2, 0.25) is 0 Å². The van der Waals surface area contributed by atoms with E-state index in [1.165, 1.54) is 17.8 Å². The van der Waals surface area contributed by atoms with Crippen LogP contribution in [0.1, 0.15) is 29.2 Å². The van der Waals surface area contributed by atoms with E-state index in [0.717, 1.165) is 22.3 Å². The number of benzene rings is 2. The molecule has 0 spiro atoms. The quantitative estimate of drug-likeness (QED) is 0.397. The second-order valence-electron chi connectivity index (χ2n) is 7.80. The fourth-order valence-electron chi connectivity index (χ4n) is 4.14. The van der Waals surface area contributed by atoms with Gasteiger partial charge in [-0.15, -0.1) is 0 Å². The number of carboxylic acids is 1. The number of nitrogens with zero attached hydrogens (tertiary/aromatic N) is 3. The lowest BCUT2D eigenvalue weighted by Crippen LogP contribution is -2.41. The molecular formula is C23H22N4O6. The zero-order chi connectivity index (χ0) is 23.5. The number of hydrogen-bond acceptors (Lipinski definition) is 6. The Balaban J connectivity index is 1.38. The van der Waals surface area contributed by atoms with Crippen molar-refractivity contribution in [1.82, 2.24) is 14.9 Å². The number of carboxylic acid groups (broad SMARTS) is 1. The first-order valence-electron chi connectivity index (χ1n) is 10.4. The lowest BCUT2D eigenvalue weighted by atomic mass is 9.98. The van der Waals surface area contributed by atoms with Gasteiger partial charge in [0.15, 0.2) is 5.69 Å². The molecule has 0 fully saturated rings. The molecule has 0 unspecified atom stereocenters. The van der Waals surface area contributed by atoms with Crippen LogP contribution in [0.2, 0.25) is 0 Å². The third-order valence-electron chi connectivity index (χ3n) is 5.69. The van der Waals surface area contributed by atoms with Gasteiger partial charge < -0.3 is 25.3 Å². The number of carbonyl (C=O) groups excluding carboxylic acids is 1. The minimum absolute atomic E-state index is 0.00764. The molecule has 1 amide bonds. The van der Waals surface area contributed by atoms with Gasteiger partial charge in [-0.2, -0.15) is 0 Å². The van der Waals surface area contributed by atoms with Crippen molar-refractivity contribution in [2.75, 3.05) is 6.61 Å². The number of amides is 1. The van der Waals surface area contributed by atoms with Gasteiger partial charge in [0.1, 0.15) is 18.8 Å². The molecule has 0 aliphatic heterocycles. The highest BCUT2D eigenvalue weighted by Gasteiger charge is 2.30. The fourth-order valence-corrected chi connectivity index (χ4v) is 4.14. The van der Waals surface area contributed by atoms with E-state index < -0.39 is 23.0 Å². The van der Waals surface area contributed by atoms with E-state index in [4.69, 9.17) is 4.74 Å². The number of fused-ring (bicyclic) bond motifs is 3.